The Morgan fingerprint density at radius 2 is 2.05 bits per heavy atom. The number of hydroxylamine groups is 1. The van der Waals surface area contributed by atoms with Crippen molar-refractivity contribution in [2.75, 3.05) is 20.3 Å². The molecule has 0 saturated carbocycles. The van der Waals surface area contributed by atoms with Gasteiger partial charge >= 0.3 is 0 Å². The second-order valence-electron chi connectivity index (χ2n) is 3.48. The summed E-state index contributed by atoms with van der Waals surface area (Å²) in [6.07, 6.45) is 0. The molecule has 0 aliphatic rings. The second kappa shape index (κ2) is 7.22. The third-order valence-corrected chi connectivity index (χ3v) is 2.10. The molecule has 0 atom stereocenters. The summed E-state index contributed by atoms with van der Waals surface area (Å²) in [5.41, 5.74) is 7.27. The standard InChI is InChI=1S/C12H16N2O5/c1-3-18-9-5-4-8(6-10(9)17-2)12(16)14-19-7-11(13)15/h4-6H,3,7H2,1-2H3,(H2,13,15)(H,14,16). The molecule has 2 amide bonds. The predicted molar refractivity (Wildman–Crippen MR) is 66.8 cm³/mol. The van der Waals surface area contributed by atoms with Crippen LogP contribution < -0.4 is 20.7 Å². The topological polar surface area (TPSA) is 99.9 Å². The van der Waals surface area contributed by atoms with E-state index in [4.69, 9.17) is 15.2 Å². The van der Waals surface area contributed by atoms with Gasteiger partial charge in [0, 0.05) is 5.56 Å². The lowest BCUT2D eigenvalue weighted by molar-refractivity contribution is -0.124. The first-order chi connectivity index (χ1) is 9.08. The molecule has 0 bridgehead atoms. The molecule has 0 spiro atoms. The maximum absolute atomic E-state index is 11.7. The number of primary amides is 1. The molecule has 1 aromatic rings. The smallest absolute Gasteiger partial charge is 0.274 e. The van der Waals surface area contributed by atoms with Crippen LogP contribution in [0.3, 0.4) is 0 Å². The number of ether oxygens (including phenoxy) is 2. The summed E-state index contributed by atoms with van der Waals surface area (Å²) in [7, 11) is 1.48. The molecule has 0 fully saturated rings. The Bertz CT molecular complexity index is 461. The maximum Gasteiger partial charge on any atom is 0.274 e. The fourth-order valence-corrected chi connectivity index (χ4v) is 1.32. The largest absolute Gasteiger partial charge is 0.493 e. The molecule has 0 heterocycles. The second-order valence-corrected chi connectivity index (χ2v) is 3.48. The van der Waals surface area contributed by atoms with Crippen LogP contribution in [0.4, 0.5) is 0 Å². The number of hydrogen-bond donors (Lipinski definition) is 2. The Morgan fingerprint density at radius 3 is 2.63 bits per heavy atom. The van der Waals surface area contributed by atoms with Crippen molar-refractivity contribution in [1.82, 2.24) is 5.48 Å². The van der Waals surface area contributed by atoms with Gasteiger partial charge in [-0.25, -0.2) is 5.48 Å². The Labute approximate surface area is 110 Å². The van der Waals surface area contributed by atoms with Crippen molar-refractivity contribution >= 4 is 11.8 Å². The zero-order chi connectivity index (χ0) is 14.3. The van der Waals surface area contributed by atoms with Crippen LogP contribution in [0.5, 0.6) is 11.5 Å². The van der Waals surface area contributed by atoms with Crippen molar-refractivity contribution < 1.29 is 23.9 Å². The maximum atomic E-state index is 11.7. The Morgan fingerprint density at radius 1 is 1.32 bits per heavy atom. The molecule has 104 valence electrons. The van der Waals surface area contributed by atoms with Crippen molar-refractivity contribution in [2.24, 2.45) is 5.73 Å². The zero-order valence-corrected chi connectivity index (χ0v) is 10.8. The first-order valence-corrected chi connectivity index (χ1v) is 5.59. The van der Waals surface area contributed by atoms with Gasteiger partial charge < -0.3 is 15.2 Å². The molecule has 0 aliphatic heterocycles. The molecule has 0 unspecified atom stereocenters. The molecule has 0 aromatic heterocycles. The third kappa shape index (κ3) is 4.47. The molecule has 0 radical (unpaired) electrons. The van der Waals surface area contributed by atoms with Gasteiger partial charge in [-0.3, -0.25) is 14.4 Å². The van der Waals surface area contributed by atoms with Crippen molar-refractivity contribution in [3.63, 3.8) is 0 Å². The summed E-state index contributed by atoms with van der Waals surface area (Å²) in [4.78, 5) is 26.7. The van der Waals surface area contributed by atoms with E-state index in [9.17, 15) is 9.59 Å². The van der Waals surface area contributed by atoms with Crippen LogP contribution in [0.25, 0.3) is 0 Å². The average molecular weight is 268 g/mol. The quantitative estimate of drug-likeness (QED) is 0.690. The van der Waals surface area contributed by atoms with Crippen LogP contribution in [0.1, 0.15) is 17.3 Å². The monoisotopic (exact) mass is 268 g/mol. The summed E-state index contributed by atoms with van der Waals surface area (Å²) < 4.78 is 10.4. The summed E-state index contributed by atoms with van der Waals surface area (Å²) >= 11 is 0. The van der Waals surface area contributed by atoms with Crippen LogP contribution in [-0.4, -0.2) is 32.1 Å². The van der Waals surface area contributed by atoms with E-state index >= 15 is 0 Å². The number of benzene rings is 1. The zero-order valence-electron chi connectivity index (χ0n) is 10.8. The van der Waals surface area contributed by atoms with E-state index in [-0.39, 0.29) is 6.61 Å². The number of amides is 2. The average Bonchev–Trinajstić information content (AvgIpc) is 2.39. The highest BCUT2D eigenvalue weighted by Crippen LogP contribution is 2.27. The van der Waals surface area contributed by atoms with E-state index in [1.807, 2.05) is 6.92 Å². The van der Waals surface area contributed by atoms with Gasteiger partial charge in [0.15, 0.2) is 18.1 Å². The number of methoxy groups -OCH3 is 1. The molecular formula is C12H16N2O5. The van der Waals surface area contributed by atoms with Gasteiger partial charge in [0.1, 0.15) is 0 Å². The number of hydrogen-bond acceptors (Lipinski definition) is 5. The molecule has 1 aromatic carbocycles. The Hall–Kier alpha value is -2.28. The summed E-state index contributed by atoms with van der Waals surface area (Å²) in [5.74, 6) is -0.212. The van der Waals surface area contributed by atoms with Crippen molar-refractivity contribution in [2.45, 2.75) is 6.92 Å². The lowest BCUT2D eigenvalue weighted by atomic mass is 10.2. The fourth-order valence-electron chi connectivity index (χ4n) is 1.32. The number of carbonyl (C=O) groups is 2. The minimum Gasteiger partial charge on any atom is -0.493 e. The molecule has 0 saturated heterocycles. The van der Waals surface area contributed by atoms with Crippen molar-refractivity contribution in [1.29, 1.82) is 0 Å². The van der Waals surface area contributed by atoms with Gasteiger partial charge in [0.25, 0.3) is 5.91 Å². The Kier molecular flexibility index (Phi) is 5.62. The molecule has 19 heavy (non-hydrogen) atoms. The number of rotatable bonds is 7. The van der Waals surface area contributed by atoms with E-state index in [0.717, 1.165) is 0 Å². The van der Waals surface area contributed by atoms with Crippen molar-refractivity contribution in [3.05, 3.63) is 23.8 Å². The molecule has 7 nitrogen and oxygen atoms in total. The highest BCUT2D eigenvalue weighted by Gasteiger charge is 2.11. The van der Waals surface area contributed by atoms with Crippen LogP contribution in [0.15, 0.2) is 18.2 Å². The molecule has 0 aliphatic carbocycles. The van der Waals surface area contributed by atoms with Crippen LogP contribution >= 0.6 is 0 Å². The van der Waals surface area contributed by atoms with Crippen LogP contribution in [-0.2, 0) is 9.63 Å². The minimum atomic E-state index is -0.676. The normalized spacial score (nSPS) is 9.79. The lowest BCUT2D eigenvalue weighted by Crippen LogP contribution is -2.29. The Balaban J connectivity index is 2.72. The summed E-state index contributed by atoms with van der Waals surface area (Å²) in [5, 5.41) is 0. The number of nitrogens with two attached hydrogens (primary N) is 1. The number of nitrogens with one attached hydrogen (secondary N) is 1. The first kappa shape index (κ1) is 14.8. The van der Waals surface area contributed by atoms with E-state index in [1.165, 1.54) is 13.2 Å². The number of carbonyl (C=O) groups excluding carboxylic acids is 2. The predicted octanol–water partition coefficient (Wildman–Crippen LogP) is 0.241. The molecule has 1 rings (SSSR count). The van der Waals surface area contributed by atoms with Crippen molar-refractivity contribution in [3.8, 4) is 11.5 Å². The van der Waals surface area contributed by atoms with Gasteiger partial charge in [-0.1, -0.05) is 0 Å². The van der Waals surface area contributed by atoms with E-state index in [0.29, 0.717) is 23.7 Å². The summed E-state index contributed by atoms with van der Waals surface area (Å²) in [6, 6.07) is 4.68. The van der Waals surface area contributed by atoms with E-state index in [2.05, 4.69) is 10.3 Å². The fraction of sp³-hybridized carbons (Fsp3) is 0.333. The highest BCUT2D eigenvalue weighted by molar-refractivity contribution is 5.94. The van der Waals surface area contributed by atoms with Gasteiger partial charge in [0.05, 0.1) is 13.7 Å². The molecular weight excluding hydrogens is 252 g/mol. The van der Waals surface area contributed by atoms with Gasteiger partial charge in [-0.15, -0.1) is 0 Å². The first-order valence-electron chi connectivity index (χ1n) is 5.59. The lowest BCUT2D eigenvalue weighted by Gasteiger charge is -2.10. The molecule has 7 heteroatoms. The molecule has 3 N–H and O–H groups in total. The van der Waals surface area contributed by atoms with E-state index < -0.39 is 11.8 Å². The minimum absolute atomic E-state index is 0.310. The van der Waals surface area contributed by atoms with Gasteiger partial charge in [-0.05, 0) is 25.1 Å². The van der Waals surface area contributed by atoms with Gasteiger partial charge in [0.2, 0.25) is 5.91 Å². The van der Waals surface area contributed by atoms with Crippen LogP contribution in [0, 0.1) is 0 Å². The van der Waals surface area contributed by atoms with E-state index in [1.54, 1.807) is 12.1 Å². The SMILES string of the molecule is CCOc1ccc(C(=O)NOCC(N)=O)cc1OC. The highest BCUT2D eigenvalue weighted by atomic mass is 16.7. The third-order valence-electron chi connectivity index (χ3n) is 2.10. The van der Waals surface area contributed by atoms with Crippen LogP contribution in [0.2, 0.25) is 0 Å². The summed E-state index contributed by atoms with van der Waals surface area (Å²) in [6.45, 7) is 1.95. The van der Waals surface area contributed by atoms with Gasteiger partial charge in [-0.2, -0.15) is 0 Å².